The van der Waals surface area contributed by atoms with Crippen molar-refractivity contribution in [3.63, 3.8) is 0 Å². The Morgan fingerprint density at radius 3 is 2.41 bits per heavy atom. The summed E-state index contributed by atoms with van der Waals surface area (Å²) in [6.45, 7) is 2.52. The molecule has 0 aliphatic rings. The smallest absolute Gasteiger partial charge is 0.307 e. The third kappa shape index (κ3) is 4.54. The summed E-state index contributed by atoms with van der Waals surface area (Å²) in [4.78, 5) is 12.5. The summed E-state index contributed by atoms with van der Waals surface area (Å²) in [6.07, 6.45) is -0.581. The number of rotatable bonds is 6. The van der Waals surface area contributed by atoms with Crippen LogP contribution in [0.4, 0.5) is 0 Å². The number of hydrogen-bond donors (Lipinski definition) is 2. The molecule has 94 valence electrons. The van der Waals surface area contributed by atoms with Gasteiger partial charge in [0.05, 0.1) is 12.0 Å². The zero-order valence-corrected chi connectivity index (χ0v) is 10.2. The number of carbonyl (C=O) groups is 1. The summed E-state index contributed by atoms with van der Waals surface area (Å²) in [5.74, 6) is -1.24. The number of carboxylic acids is 1. The van der Waals surface area contributed by atoms with E-state index in [0.717, 1.165) is 5.56 Å². The van der Waals surface area contributed by atoms with Gasteiger partial charge in [0.1, 0.15) is 0 Å². The molecule has 0 radical (unpaired) electrons. The van der Waals surface area contributed by atoms with E-state index in [2.05, 4.69) is 0 Å². The van der Waals surface area contributed by atoms with Crippen LogP contribution in [0.5, 0.6) is 0 Å². The highest BCUT2D eigenvalue weighted by molar-refractivity contribution is 5.69. The van der Waals surface area contributed by atoms with Crippen molar-refractivity contribution in [1.29, 1.82) is 0 Å². The van der Waals surface area contributed by atoms with Crippen molar-refractivity contribution in [2.75, 3.05) is 20.1 Å². The van der Waals surface area contributed by atoms with Crippen LogP contribution < -0.4 is 0 Å². The Hall–Kier alpha value is -1.39. The maximum atomic E-state index is 10.7. The van der Waals surface area contributed by atoms with Crippen molar-refractivity contribution in [3.05, 3.63) is 35.9 Å². The minimum absolute atomic E-state index is 0.428. The first-order chi connectivity index (χ1) is 8.00. The van der Waals surface area contributed by atoms with Crippen LogP contribution in [-0.4, -0.2) is 41.2 Å². The molecule has 0 aliphatic carbocycles. The van der Waals surface area contributed by atoms with Crippen LogP contribution in [0.3, 0.4) is 0 Å². The van der Waals surface area contributed by atoms with Crippen LogP contribution >= 0.6 is 0 Å². The van der Waals surface area contributed by atoms with Gasteiger partial charge in [-0.1, -0.05) is 37.3 Å². The van der Waals surface area contributed by atoms with Crippen LogP contribution in [0, 0.1) is 5.92 Å². The molecule has 2 unspecified atom stereocenters. The van der Waals surface area contributed by atoms with Gasteiger partial charge in [0.2, 0.25) is 0 Å². The largest absolute Gasteiger partial charge is 0.481 e. The molecule has 0 amide bonds. The molecule has 2 N–H and O–H groups in total. The van der Waals surface area contributed by atoms with Gasteiger partial charge in [0, 0.05) is 13.1 Å². The molecule has 1 rings (SSSR count). The highest BCUT2D eigenvalue weighted by atomic mass is 16.4. The number of nitrogens with zero attached hydrogens (tertiary/aromatic N) is 1. The molecular formula is C13H19NO3. The van der Waals surface area contributed by atoms with E-state index in [1.54, 1.807) is 6.92 Å². The zero-order valence-electron chi connectivity index (χ0n) is 10.2. The Morgan fingerprint density at radius 2 is 1.88 bits per heavy atom. The molecule has 4 heteroatoms. The second kappa shape index (κ2) is 6.37. The Balaban J connectivity index is 2.46. The Bertz CT molecular complexity index is 353. The number of aliphatic hydroxyl groups is 1. The topological polar surface area (TPSA) is 60.8 Å². The van der Waals surface area contributed by atoms with E-state index in [-0.39, 0.29) is 0 Å². The molecule has 2 atom stereocenters. The van der Waals surface area contributed by atoms with Gasteiger partial charge in [-0.05, 0) is 12.6 Å². The quantitative estimate of drug-likeness (QED) is 0.784. The summed E-state index contributed by atoms with van der Waals surface area (Å²) in [5.41, 5.74) is 0.849. The minimum Gasteiger partial charge on any atom is -0.481 e. The lowest BCUT2D eigenvalue weighted by Crippen LogP contribution is -2.31. The minimum atomic E-state index is -0.814. The second-order valence-electron chi connectivity index (χ2n) is 4.39. The van der Waals surface area contributed by atoms with Gasteiger partial charge in [-0.15, -0.1) is 0 Å². The standard InChI is InChI=1S/C13H19NO3/c1-10(13(16)17)8-14(2)9-12(15)11-6-4-3-5-7-11/h3-7,10,12,15H,8-9H2,1-2H3,(H,16,17). The van der Waals surface area contributed by atoms with E-state index in [1.165, 1.54) is 0 Å². The molecule has 4 nitrogen and oxygen atoms in total. The summed E-state index contributed by atoms with van der Waals surface area (Å²) >= 11 is 0. The second-order valence-corrected chi connectivity index (χ2v) is 4.39. The fourth-order valence-electron chi connectivity index (χ4n) is 1.70. The van der Waals surface area contributed by atoms with E-state index in [0.29, 0.717) is 13.1 Å². The third-order valence-electron chi connectivity index (χ3n) is 2.68. The number of hydrogen-bond acceptors (Lipinski definition) is 3. The summed E-state index contributed by atoms with van der Waals surface area (Å²) < 4.78 is 0. The maximum Gasteiger partial charge on any atom is 0.307 e. The summed E-state index contributed by atoms with van der Waals surface area (Å²) in [5, 5.41) is 18.7. The van der Waals surface area contributed by atoms with Gasteiger partial charge in [-0.25, -0.2) is 0 Å². The first kappa shape index (κ1) is 13.7. The first-order valence-corrected chi connectivity index (χ1v) is 5.65. The van der Waals surface area contributed by atoms with Crippen molar-refractivity contribution in [1.82, 2.24) is 4.90 Å². The Labute approximate surface area is 101 Å². The molecule has 1 aromatic carbocycles. The van der Waals surface area contributed by atoms with E-state index in [4.69, 9.17) is 5.11 Å². The van der Waals surface area contributed by atoms with Gasteiger partial charge in [0.25, 0.3) is 0 Å². The molecular weight excluding hydrogens is 218 g/mol. The lowest BCUT2D eigenvalue weighted by Gasteiger charge is -2.22. The monoisotopic (exact) mass is 237 g/mol. The highest BCUT2D eigenvalue weighted by Crippen LogP contribution is 2.13. The lowest BCUT2D eigenvalue weighted by molar-refractivity contribution is -0.141. The highest BCUT2D eigenvalue weighted by Gasteiger charge is 2.16. The molecule has 0 aliphatic heterocycles. The fraction of sp³-hybridized carbons (Fsp3) is 0.462. The number of aliphatic carboxylic acids is 1. The van der Waals surface area contributed by atoms with Crippen molar-refractivity contribution in [2.45, 2.75) is 13.0 Å². The number of carboxylic acid groups (broad SMARTS) is 1. The SMILES string of the molecule is CC(CN(C)CC(O)c1ccccc1)C(=O)O. The van der Waals surface area contributed by atoms with Crippen molar-refractivity contribution in [2.24, 2.45) is 5.92 Å². The fourth-order valence-corrected chi connectivity index (χ4v) is 1.70. The van der Waals surface area contributed by atoms with Gasteiger partial charge < -0.3 is 15.1 Å². The predicted molar refractivity (Wildman–Crippen MR) is 65.7 cm³/mol. The molecule has 0 bridgehead atoms. The molecule has 0 saturated heterocycles. The Kier molecular flexibility index (Phi) is 5.12. The maximum absolute atomic E-state index is 10.7. The Morgan fingerprint density at radius 1 is 1.29 bits per heavy atom. The zero-order chi connectivity index (χ0) is 12.8. The molecule has 17 heavy (non-hydrogen) atoms. The summed E-state index contributed by atoms with van der Waals surface area (Å²) in [7, 11) is 1.81. The summed E-state index contributed by atoms with van der Waals surface area (Å²) in [6, 6.07) is 9.36. The van der Waals surface area contributed by atoms with E-state index < -0.39 is 18.0 Å². The molecule has 0 heterocycles. The molecule has 0 spiro atoms. The van der Waals surface area contributed by atoms with Gasteiger partial charge in [0.15, 0.2) is 0 Å². The van der Waals surface area contributed by atoms with Gasteiger partial charge in [-0.2, -0.15) is 0 Å². The molecule has 0 saturated carbocycles. The van der Waals surface area contributed by atoms with Crippen LogP contribution in [0.25, 0.3) is 0 Å². The molecule has 0 aromatic heterocycles. The van der Waals surface area contributed by atoms with E-state index >= 15 is 0 Å². The predicted octanol–water partition coefficient (Wildman–Crippen LogP) is 1.37. The van der Waals surface area contributed by atoms with E-state index in [9.17, 15) is 9.90 Å². The molecule has 1 aromatic rings. The van der Waals surface area contributed by atoms with Crippen molar-refractivity contribution >= 4 is 5.97 Å². The average molecular weight is 237 g/mol. The van der Waals surface area contributed by atoms with Crippen molar-refractivity contribution in [3.8, 4) is 0 Å². The normalized spacial score (nSPS) is 14.6. The average Bonchev–Trinajstić information content (AvgIpc) is 2.29. The number of likely N-dealkylation sites (N-methyl/N-ethyl adjacent to an activating group) is 1. The lowest BCUT2D eigenvalue weighted by atomic mass is 10.1. The third-order valence-corrected chi connectivity index (χ3v) is 2.68. The number of benzene rings is 1. The van der Waals surface area contributed by atoms with E-state index in [1.807, 2.05) is 42.3 Å². The van der Waals surface area contributed by atoms with Crippen LogP contribution in [0.15, 0.2) is 30.3 Å². The van der Waals surface area contributed by atoms with Gasteiger partial charge in [-0.3, -0.25) is 4.79 Å². The van der Waals surface area contributed by atoms with Crippen molar-refractivity contribution < 1.29 is 15.0 Å². The molecule has 0 fully saturated rings. The van der Waals surface area contributed by atoms with Crippen LogP contribution in [-0.2, 0) is 4.79 Å². The number of aliphatic hydroxyl groups excluding tert-OH is 1. The van der Waals surface area contributed by atoms with Crippen LogP contribution in [0.1, 0.15) is 18.6 Å². The van der Waals surface area contributed by atoms with Gasteiger partial charge >= 0.3 is 5.97 Å². The van der Waals surface area contributed by atoms with Crippen LogP contribution in [0.2, 0.25) is 0 Å². The first-order valence-electron chi connectivity index (χ1n) is 5.65.